The van der Waals surface area contributed by atoms with Gasteiger partial charge in [-0.1, -0.05) is 44.2 Å². The van der Waals surface area contributed by atoms with Crippen molar-refractivity contribution in [3.05, 3.63) is 65.2 Å². The van der Waals surface area contributed by atoms with Crippen molar-refractivity contribution in [2.75, 3.05) is 13.7 Å². The van der Waals surface area contributed by atoms with E-state index in [2.05, 4.69) is 10.6 Å². The number of carbonyl (C=O) groups excluding carboxylic acids is 2. The van der Waals surface area contributed by atoms with Crippen LogP contribution in [0.2, 0.25) is 0 Å². The summed E-state index contributed by atoms with van der Waals surface area (Å²) in [5.74, 6) is 0.554. The topological polar surface area (TPSA) is 104 Å². The molecule has 0 aliphatic carbocycles. The van der Waals surface area contributed by atoms with Gasteiger partial charge in [-0.25, -0.2) is 0 Å². The van der Waals surface area contributed by atoms with Gasteiger partial charge in [-0.05, 0) is 56.9 Å². The van der Waals surface area contributed by atoms with E-state index in [-0.39, 0.29) is 23.8 Å². The Hall–Kier alpha value is -3.39. The number of nitrogens with zero attached hydrogens (tertiary/aromatic N) is 1. The van der Waals surface area contributed by atoms with Crippen molar-refractivity contribution in [3.8, 4) is 5.75 Å². The number of fused-ring (bicyclic) bond motifs is 1. The maximum absolute atomic E-state index is 13.4. The molecule has 198 valence electrons. The lowest BCUT2D eigenvalue weighted by molar-refractivity contribution is -0.133. The van der Waals surface area contributed by atoms with Crippen LogP contribution in [0.3, 0.4) is 0 Å². The summed E-state index contributed by atoms with van der Waals surface area (Å²) in [6.45, 7) is 8.40. The van der Waals surface area contributed by atoms with Crippen molar-refractivity contribution in [1.29, 1.82) is 5.41 Å². The van der Waals surface area contributed by atoms with Crippen LogP contribution in [0.25, 0.3) is 0 Å². The molecule has 1 saturated heterocycles. The van der Waals surface area contributed by atoms with E-state index < -0.39 is 17.2 Å². The number of nitrogens with one attached hydrogen (secondary N) is 3. The van der Waals surface area contributed by atoms with Crippen LogP contribution < -0.4 is 15.4 Å². The fourth-order valence-electron chi connectivity index (χ4n) is 5.42. The molecule has 2 aliphatic rings. The molecule has 0 saturated carbocycles. The van der Waals surface area contributed by atoms with Gasteiger partial charge < -0.3 is 20.1 Å². The Kier molecular flexibility index (Phi) is 7.59. The predicted molar refractivity (Wildman–Crippen MR) is 143 cm³/mol. The Morgan fingerprint density at radius 2 is 1.95 bits per heavy atom. The first-order valence-corrected chi connectivity index (χ1v) is 13.0. The van der Waals surface area contributed by atoms with Crippen LogP contribution in [0.4, 0.5) is 0 Å². The average Bonchev–Trinajstić information content (AvgIpc) is 3.14. The largest absolute Gasteiger partial charge is 0.485 e. The zero-order valence-electron chi connectivity index (χ0n) is 22.4. The van der Waals surface area contributed by atoms with Gasteiger partial charge in [0.1, 0.15) is 11.4 Å². The van der Waals surface area contributed by atoms with Crippen LogP contribution in [0.1, 0.15) is 86.9 Å². The first-order chi connectivity index (χ1) is 17.6. The SMILES string of the molecule is CCC1(CC)CC(=O)N(C(CCOC)c2cccc(C(=O)NC3c4ccccc4OC3(C)C)c2)C(=N)N1. The minimum atomic E-state index is -0.593. The number of amides is 2. The van der Waals surface area contributed by atoms with E-state index in [1.54, 1.807) is 13.2 Å². The van der Waals surface area contributed by atoms with Crippen molar-refractivity contribution in [2.45, 2.75) is 76.6 Å². The highest BCUT2D eigenvalue weighted by Gasteiger charge is 2.43. The summed E-state index contributed by atoms with van der Waals surface area (Å²) in [7, 11) is 1.62. The number of methoxy groups -OCH3 is 1. The smallest absolute Gasteiger partial charge is 0.251 e. The lowest BCUT2D eigenvalue weighted by Gasteiger charge is -2.45. The lowest BCUT2D eigenvalue weighted by atomic mass is 9.86. The van der Waals surface area contributed by atoms with E-state index in [4.69, 9.17) is 14.9 Å². The quantitative estimate of drug-likeness (QED) is 0.457. The summed E-state index contributed by atoms with van der Waals surface area (Å²) in [4.78, 5) is 28.3. The zero-order chi connectivity index (χ0) is 26.8. The van der Waals surface area contributed by atoms with Crippen molar-refractivity contribution in [2.24, 2.45) is 0 Å². The summed E-state index contributed by atoms with van der Waals surface area (Å²) in [6, 6.07) is 14.3. The number of ether oxygens (including phenoxy) is 2. The molecule has 8 heteroatoms. The second kappa shape index (κ2) is 10.5. The third kappa shape index (κ3) is 5.21. The second-order valence-corrected chi connectivity index (χ2v) is 10.5. The van der Waals surface area contributed by atoms with Crippen molar-refractivity contribution >= 4 is 17.8 Å². The zero-order valence-corrected chi connectivity index (χ0v) is 22.4. The van der Waals surface area contributed by atoms with Gasteiger partial charge in [0.15, 0.2) is 5.96 Å². The first kappa shape index (κ1) is 26.7. The molecule has 1 fully saturated rings. The maximum atomic E-state index is 13.4. The normalized spacial score (nSPS) is 20.6. The Bertz CT molecular complexity index is 1150. The minimum Gasteiger partial charge on any atom is -0.485 e. The molecule has 0 spiro atoms. The molecule has 0 aromatic heterocycles. The summed E-state index contributed by atoms with van der Waals surface area (Å²) in [5.41, 5.74) is 1.23. The van der Waals surface area contributed by atoms with Gasteiger partial charge in [-0.2, -0.15) is 0 Å². The molecule has 37 heavy (non-hydrogen) atoms. The highest BCUT2D eigenvalue weighted by atomic mass is 16.5. The Morgan fingerprint density at radius 3 is 2.62 bits per heavy atom. The van der Waals surface area contributed by atoms with Crippen molar-refractivity contribution in [1.82, 2.24) is 15.5 Å². The van der Waals surface area contributed by atoms with E-state index in [0.29, 0.717) is 25.0 Å². The van der Waals surface area contributed by atoms with Crippen LogP contribution in [0.15, 0.2) is 48.5 Å². The van der Waals surface area contributed by atoms with Gasteiger partial charge in [-0.3, -0.25) is 19.9 Å². The van der Waals surface area contributed by atoms with Gasteiger partial charge in [-0.15, -0.1) is 0 Å². The van der Waals surface area contributed by atoms with Crippen LogP contribution in [0.5, 0.6) is 5.75 Å². The molecule has 2 aromatic rings. The third-order valence-electron chi connectivity index (χ3n) is 7.75. The maximum Gasteiger partial charge on any atom is 0.251 e. The van der Waals surface area contributed by atoms with Crippen LogP contribution in [-0.4, -0.2) is 47.5 Å². The standard InChI is InChI=1S/C29H38N4O4/c1-6-29(7-2)18-24(34)33(27(30)32-29)22(15-16-36-5)19-11-10-12-20(17-19)26(35)31-25-21-13-8-9-14-23(21)37-28(25,3)4/h8-14,17,22,25H,6-7,15-16,18H2,1-5H3,(H2,30,32)(H,31,35). The molecular formula is C29H38N4O4. The Morgan fingerprint density at radius 1 is 1.22 bits per heavy atom. The minimum absolute atomic E-state index is 0.0927. The number of guanidine groups is 1. The molecule has 2 amide bonds. The molecular weight excluding hydrogens is 468 g/mol. The van der Waals surface area contributed by atoms with Gasteiger partial charge >= 0.3 is 0 Å². The number of benzene rings is 2. The van der Waals surface area contributed by atoms with E-state index in [0.717, 1.165) is 29.7 Å². The van der Waals surface area contributed by atoms with Gasteiger partial charge in [0.05, 0.1) is 18.5 Å². The van der Waals surface area contributed by atoms with Crippen LogP contribution in [-0.2, 0) is 9.53 Å². The molecule has 4 rings (SSSR count). The highest BCUT2D eigenvalue weighted by Crippen LogP contribution is 2.43. The van der Waals surface area contributed by atoms with E-state index in [9.17, 15) is 9.59 Å². The fraction of sp³-hybridized carbons (Fsp3) is 0.483. The summed E-state index contributed by atoms with van der Waals surface area (Å²) in [6.07, 6.45) is 2.34. The van der Waals surface area contributed by atoms with Crippen LogP contribution in [0, 0.1) is 5.41 Å². The number of hydrogen-bond donors (Lipinski definition) is 3. The molecule has 8 nitrogen and oxygen atoms in total. The average molecular weight is 507 g/mol. The molecule has 2 atom stereocenters. The van der Waals surface area contributed by atoms with Crippen LogP contribution >= 0.6 is 0 Å². The van der Waals surface area contributed by atoms with Crippen molar-refractivity contribution < 1.29 is 19.1 Å². The van der Waals surface area contributed by atoms with Gasteiger partial charge in [0.2, 0.25) is 5.91 Å². The highest BCUT2D eigenvalue weighted by molar-refractivity contribution is 6.00. The molecule has 3 N–H and O–H groups in total. The van der Waals surface area contributed by atoms with Crippen molar-refractivity contribution in [3.63, 3.8) is 0 Å². The summed E-state index contributed by atoms with van der Waals surface area (Å²) >= 11 is 0. The van der Waals surface area contributed by atoms with E-state index in [1.165, 1.54) is 4.90 Å². The fourth-order valence-corrected chi connectivity index (χ4v) is 5.42. The van der Waals surface area contributed by atoms with E-state index in [1.807, 2.05) is 70.2 Å². The molecule has 2 aromatic carbocycles. The molecule has 2 heterocycles. The number of para-hydroxylation sites is 1. The summed E-state index contributed by atoms with van der Waals surface area (Å²) in [5, 5.41) is 15.2. The monoisotopic (exact) mass is 506 g/mol. The Balaban J connectivity index is 1.60. The molecule has 2 unspecified atom stereocenters. The molecule has 2 aliphatic heterocycles. The summed E-state index contributed by atoms with van der Waals surface area (Å²) < 4.78 is 11.4. The number of hydrogen-bond acceptors (Lipinski definition) is 5. The number of rotatable bonds is 9. The first-order valence-electron chi connectivity index (χ1n) is 13.0. The van der Waals surface area contributed by atoms with Gasteiger partial charge in [0.25, 0.3) is 5.91 Å². The number of carbonyl (C=O) groups is 2. The third-order valence-corrected chi connectivity index (χ3v) is 7.75. The second-order valence-electron chi connectivity index (χ2n) is 10.5. The van der Waals surface area contributed by atoms with E-state index >= 15 is 0 Å². The lowest BCUT2D eigenvalue weighted by Crippen LogP contribution is -2.62. The van der Waals surface area contributed by atoms with Gasteiger partial charge in [0, 0.05) is 30.4 Å². The Labute approximate surface area is 219 Å². The molecule has 0 radical (unpaired) electrons. The molecule has 0 bridgehead atoms. The predicted octanol–water partition coefficient (Wildman–Crippen LogP) is 4.72.